The predicted molar refractivity (Wildman–Crippen MR) is 58.0 cm³/mol. The van der Waals surface area contributed by atoms with E-state index in [9.17, 15) is 0 Å². The quantitative estimate of drug-likeness (QED) is 0.574. The lowest BCUT2D eigenvalue weighted by Crippen LogP contribution is -2.21. The van der Waals surface area contributed by atoms with E-state index < -0.39 is 0 Å². The molecule has 1 heterocycles. The molecule has 1 rings (SSSR count). The highest BCUT2D eigenvalue weighted by Gasteiger charge is 2.06. The third kappa shape index (κ3) is 3.97. The van der Waals surface area contributed by atoms with Gasteiger partial charge in [-0.15, -0.1) is 0 Å². The zero-order valence-electron chi connectivity index (χ0n) is 9.90. The summed E-state index contributed by atoms with van der Waals surface area (Å²) in [6, 6.07) is 0.328. The summed E-state index contributed by atoms with van der Waals surface area (Å²) in [5.41, 5.74) is 2.89. The van der Waals surface area contributed by atoms with Crippen molar-refractivity contribution in [2.45, 2.75) is 40.3 Å². The van der Waals surface area contributed by atoms with E-state index in [1.54, 1.807) is 6.33 Å². The summed E-state index contributed by atoms with van der Waals surface area (Å²) in [7, 11) is 0. The van der Waals surface area contributed by atoms with Crippen LogP contribution in [0.3, 0.4) is 0 Å². The van der Waals surface area contributed by atoms with Gasteiger partial charge in [0.2, 0.25) is 0 Å². The number of hydrogen-bond donors (Lipinski definition) is 1. The van der Waals surface area contributed by atoms with Crippen molar-refractivity contribution < 1.29 is 4.84 Å². The van der Waals surface area contributed by atoms with Crippen LogP contribution >= 0.6 is 0 Å². The van der Waals surface area contributed by atoms with E-state index >= 15 is 0 Å². The molecule has 15 heavy (non-hydrogen) atoms. The first-order chi connectivity index (χ1) is 7.11. The molecule has 0 radical (unpaired) electrons. The molecule has 0 aliphatic rings. The van der Waals surface area contributed by atoms with Gasteiger partial charge in [-0.2, -0.15) is 10.6 Å². The molecule has 86 valence electrons. The molecule has 0 atom stereocenters. The van der Waals surface area contributed by atoms with Crippen LogP contribution in [0.4, 0.5) is 0 Å². The van der Waals surface area contributed by atoms with Crippen molar-refractivity contribution in [1.29, 1.82) is 0 Å². The first-order valence-electron chi connectivity index (χ1n) is 5.34. The van der Waals surface area contributed by atoms with Gasteiger partial charge in [0.25, 0.3) is 0 Å². The Morgan fingerprint density at radius 3 is 2.73 bits per heavy atom. The second-order valence-electron chi connectivity index (χ2n) is 4.24. The van der Waals surface area contributed by atoms with Gasteiger partial charge in [0.05, 0.1) is 13.2 Å². The van der Waals surface area contributed by atoms with Crippen molar-refractivity contribution >= 4 is 0 Å². The van der Waals surface area contributed by atoms with Crippen molar-refractivity contribution in [2.75, 3.05) is 6.61 Å². The minimum Gasteiger partial charge on any atom is -0.301 e. The molecule has 1 N–H and O–H groups in total. The molecular formula is C10H20N4O. The van der Waals surface area contributed by atoms with Crippen LogP contribution in [0.15, 0.2) is 6.33 Å². The van der Waals surface area contributed by atoms with Crippen LogP contribution in [0.1, 0.15) is 39.6 Å². The Hall–Kier alpha value is -0.940. The molecule has 0 spiro atoms. The topological polar surface area (TPSA) is 52.0 Å². The Balaban J connectivity index is 2.34. The summed E-state index contributed by atoms with van der Waals surface area (Å²) >= 11 is 0. The number of rotatable bonds is 6. The van der Waals surface area contributed by atoms with Crippen LogP contribution in [0.2, 0.25) is 0 Å². The number of nitrogens with zero attached hydrogens (tertiary/aromatic N) is 3. The first-order valence-corrected chi connectivity index (χ1v) is 5.34. The van der Waals surface area contributed by atoms with Gasteiger partial charge >= 0.3 is 0 Å². The molecule has 0 amide bonds. The van der Waals surface area contributed by atoms with Crippen LogP contribution in [0.5, 0.6) is 0 Å². The molecule has 0 aliphatic heterocycles. The van der Waals surface area contributed by atoms with Gasteiger partial charge < -0.3 is 4.84 Å². The van der Waals surface area contributed by atoms with Crippen LogP contribution in [0.25, 0.3) is 0 Å². The Labute approximate surface area is 90.8 Å². The van der Waals surface area contributed by atoms with E-state index in [0.717, 1.165) is 5.82 Å². The zero-order valence-corrected chi connectivity index (χ0v) is 9.90. The second kappa shape index (κ2) is 5.82. The highest BCUT2D eigenvalue weighted by Crippen LogP contribution is 2.04. The lowest BCUT2D eigenvalue weighted by atomic mass is 10.2. The third-order valence-corrected chi connectivity index (χ3v) is 1.89. The summed E-state index contributed by atoms with van der Waals surface area (Å²) in [5.74, 6) is 1.43. The smallest absolute Gasteiger partial charge is 0.143 e. The van der Waals surface area contributed by atoms with Gasteiger partial charge in [0.15, 0.2) is 0 Å². The lowest BCUT2D eigenvalue weighted by molar-refractivity contribution is 0.0176. The predicted octanol–water partition coefficient (Wildman–Crippen LogP) is 1.54. The summed E-state index contributed by atoms with van der Waals surface area (Å²) in [5, 5.41) is 4.14. The fourth-order valence-corrected chi connectivity index (χ4v) is 1.17. The van der Waals surface area contributed by atoms with E-state index in [0.29, 0.717) is 25.1 Å². The minimum atomic E-state index is 0.328. The average Bonchev–Trinajstić information content (AvgIpc) is 2.60. The molecule has 0 unspecified atom stereocenters. The standard InChI is InChI=1S/C10H20N4O/c1-8(2)6-15-13-5-10-11-7-12-14(10)9(3)4/h7-9,13H,5-6H2,1-4H3. The van der Waals surface area contributed by atoms with Gasteiger partial charge in [-0.05, 0) is 19.8 Å². The second-order valence-corrected chi connectivity index (χ2v) is 4.24. The van der Waals surface area contributed by atoms with Crippen molar-refractivity contribution in [3.8, 4) is 0 Å². The summed E-state index contributed by atoms with van der Waals surface area (Å²) < 4.78 is 1.88. The van der Waals surface area contributed by atoms with Gasteiger partial charge in [0.1, 0.15) is 12.2 Å². The maximum Gasteiger partial charge on any atom is 0.143 e. The van der Waals surface area contributed by atoms with Gasteiger partial charge in [0, 0.05) is 6.04 Å². The first kappa shape index (κ1) is 12.1. The van der Waals surface area contributed by atoms with E-state index in [2.05, 4.69) is 43.3 Å². The van der Waals surface area contributed by atoms with Crippen LogP contribution < -0.4 is 5.48 Å². The van der Waals surface area contributed by atoms with E-state index in [1.807, 2.05) is 4.68 Å². The Kier molecular flexibility index (Phi) is 4.71. The molecule has 0 saturated heterocycles. The third-order valence-electron chi connectivity index (χ3n) is 1.89. The van der Waals surface area contributed by atoms with Crippen molar-refractivity contribution in [3.63, 3.8) is 0 Å². The molecule has 5 nitrogen and oxygen atoms in total. The summed E-state index contributed by atoms with van der Waals surface area (Å²) in [4.78, 5) is 9.44. The van der Waals surface area contributed by atoms with Gasteiger partial charge in [-0.1, -0.05) is 13.8 Å². The maximum absolute atomic E-state index is 5.27. The number of hydroxylamine groups is 1. The largest absolute Gasteiger partial charge is 0.301 e. The monoisotopic (exact) mass is 212 g/mol. The van der Waals surface area contributed by atoms with Crippen LogP contribution in [0, 0.1) is 5.92 Å². The molecule has 0 saturated carbocycles. The fourth-order valence-electron chi connectivity index (χ4n) is 1.17. The van der Waals surface area contributed by atoms with Crippen LogP contribution in [-0.2, 0) is 11.4 Å². The fraction of sp³-hybridized carbons (Fsp3) is 0.800. The molecule has 5 heteroatoms. The highest BCUT2D eigenvalue weighted by molar-refractivity contribution is 4.84. The van der Waals surface area contributed by atoms with Crippen molar-refractivity contribution in [3.05, 3.63) is 12.2 Å². The normalized spacial score (nSPS) is 11.6. The molecule has 0 bridgehead atoms. The van der Waals surface area contributed by atoms with E-state index in [1.165, 1.54) is 0 Å². The lowest BCUT2D eigenvalue weighted by Gasteiger charge is -2.10. The molecule has 1 aromatic heterocycles. The average molecular weight is 212 g/mol. The van der Waals surface area contributed by atoms with Crippen molar-refractivity contribution in [1.82, 2.24) is 20.2 Å². The van der Waals surface area contributed by atoms with E-state index in [-0.39, 0.29) is 0 Å². The molecule has 1 aromatic rings. The number of nitrogens with one attached hydrogen (secondary N) is 1. The van der Waals surface area contributed by atoms with Crippen LogP contribution in [-0.4, -0.2) is 21.4 Å². The Morgan fingerprint density at radius 2 is 2.13 bits per heavy atom. The SMILES string of the molecule is CC(C)CONCc1ncnn1C(C)C. The maximum atomic E-state index is 5.27. The van der Waals surface area contributed by atoms with Gasteiger partial charge in [-0.3, -0.25) is 0 Å². The minimum absolute atomic E-state index is 0.328. The zero-order chi connectivity index (χ0) is 11.3. The van der Waals surface area contributed by atoms with Crippen molar-refractivity contribution in [2.24, 2.45) is 5.92 Å². The number of aromatic nitrogens is 3. The molecular weight excluding hydrogens is 192 g/mol. The molecule has 0 aromatic carbocycles. The van der Waals surface area contributed by atoms with Gasteiger partial charge in [-0.25, -0.2) is 9.67 Å². The Bertz CT molecular complexity index is 283. The van der Waals surface area contributed by atoms with E-state index in [4.69, 9.17) is 4.84 Å². The molecule has 0 aliphatic carbocycles. The number of hydrogen-bond acceptors (Lipinski definition) is 4. The Morgan fingerprint density at radius 1 is 1.40 bits per heavy atom. The highest BCUT2D eigenvalue weighted by atomic mass is 16.6. The summed E-state index contributed by atoms with van der Waals surface area (Å²) in [6.07, 6.45) is 1.57. The summed E-state index contributed by atoms with van der Waals surface area (Å²) in [6.45, 7) is 9.66. The molecule has 0 fully saturated rings.